The van der Waals surface area contributed by atoms with Crippen LogP contribution in [0.5, 0.6) is 0 Å². The second kappa shape index (κ2) is 6.04. The van der Waals surface area contributed by atoms with E-state index in [9.17, 15) is 4.79 Å². The van der Waals surface area contributed by atoms with Crippen molar-refractivity contribution in [2.75, 3.05) is 6.61 Å². The number of halogens is 2. The SMILES string of the molecule is CC(C)COC(=O)Cn1nc(I)c2nc(Cl)ccc21. The molecule has 0 fully saturated rings. The molecular weight excluding hydrogens is 381 g/mol. The third-order valence-corrected chi connectivity index (χ3v) is 3.32. The molecule has 0 saturated carbocycles. The number of aromatic nitrogens is 3. The lowest BCUT2D eigenvalue weighted by Gasteiger charge is -2.07. The molecule has 2 rings (SSSR count). The van der Waals surface area contributed by atoms with Crippen LogP contribution in [-0.2, 0) is 16.1 Å². The Morgan fingerprint density at radius 2 is 2.26 bits per heavy atom. The van der Waals surface area contributed by atoms with Gasteiger partial charge in [0.25, 0.3) is 0 Å². The summed E-state index contributed by atoms with van der Waals surface area (Å²) in [6.07, 6.45) is 0. The number of nitrogens with zero attached hydrogens (tertiary/aromatic N) is 3. The van der Waals surface area contributed by atoms with Crippen LogP contribution in [0.3, 0.4) is 0 Å². The summed E-state index contributed by atoms with van der Waals surface area (Å²) in [6, 6.07) is 3.48. The minimum absolute atomic E-state index is 0.0789. The fraction of sp³-hybridized carbons (Fsp3) is 0.417. The van der Waals surface area contributed by atoms with Crippen molar-refractivity contribution >= 4 is 51.2 Å². The van der Waals surface area contributed by atoms with Crippen LogP contribution in [0.4, 0.5) is 0 Å². The summed E-state index contributed by atoms with van der Waals surface area (Å²) in [5, 5.41) is 4.69. The Hall–Kier alpha value is -0.890. The number of hydrogen-bond donors (Lipinski definition) is 0. The molecule has 0 N–H and O–H groups in total. The lowest BCUT2D eigenvalue weighted by Crippen LogP contribution is -2.17. The highest BCUT2D eigenvalue weighted by molar-refractivity contribution is 14.1. The molecule has 0 spiro atoms. The Kier molecular flexibility index (Phi) is 4.62. The van der Waals surface area contributed by atoms with Crippen LogP contribution in [0.1, 0.15) is 13.8 Å². The zero-order valence-corrected chi connectivity index (χ0v) is 13.5. The van der Waals surface area contributed by atoms with Gasteiger partial charge in [0.15, 0.2) is 0 Å². The van der Waals surface area contributed by atoms with Crippen molar-refractivity contribution in [1.29, 1.82) is 0 Å². The molecule has 102 valence electrons. The molecule has 19 heavy (non-hydrogen) atoms. The van der Waals surface area contributed by atoms with Crippen LogP contribution in [0.2, 0.25) is 5.15 Å². The second-order valence-corrected chi connectivity index (χ2v) is 5.94. The number of fused-ring (bicyclic) bond motifs is 1. The molecule has 0 bridgehead atoms. The van der Waals surface area contributed by atoms with Gasteiger partial charge in [-0.15, -0.1) is 0 Å². The first-order valence-electron chi connectivity index (χ1n) is 5.81. The van der Waals surface area contributed by atoms with E-state index in [1.807, 2.05) is 13.8 Å². The van der Waals surface area contributed by atoms with Crippen LogP contribution >= 0.6 is 34.2 Å². The normalized spacial score (nSPS) is 11.2. The maximum atomic E-state index is 11.7. The van der Waals surface area contributed by atoms with E-state index in [1.165, 1.54) is 0 Å². The molecule has 0 radical (unpaired) electrons. The Morgan fingerprint density at radius 3 is 2.95 bits per heavy atom. The first-order valence-corrected chi connectivity index (χ1v) is 7.27. The minimum atomic E-state index is -0.301. The number of ether oxygens (including phenoxy) is 1. The van der Waals surface area contributed by atoms with Crippen molar-refractivity contribution in [2.24, 2.45) is 5.92 Å². The Labute approximate surface area is 129 Å². The molecule has 0 aliphatic carbocycles. The number of rotatable bonds is 4. The largest absolute Gasteiger partial charge is 0.464 e. The van der Waals surface area contributed by atoms with Gasteiger partial charge >= 0.3 is 5.97 Å². The maximum absolute atomic E-state index is 11.7. The zero-order chi connectivity index (χ0) is 14.0. The molecule has 2 heterocycles. The third kappa shape index (κ3) is 3.56. The molecule has 0 atom stereocenters. The van der Waals surface area contributed by atoms with Crippen molar-refractivity contribution < 1.29 is 9.53 Å². The highest BCUT2D eigenvalue weighted by Crippen LogP contribution is 2.20. The second-order valence-electron chi connectivity index (χ2n) is 4.53. The standard InChI is InChI=1S/C12H13ClIN3O2/c1-7(2)6-19-10(18)5-17-8-3-4-9(13)15-11(8)12(14)16-17/h3-4,7H,5-6H2,1-2H3. The molecule has 7 heteroatoms. The molecule has 2 aromatic rings. The van der Waals surface area contributed by atoms with Crippen molar-refractivity contribution in [3.63, 3.8) is 0 Å². The fourth-order valence-corrected chi connectivity index (χ4v) is 2.35. The van der Waals surface area contributed by atoms with E-state index in [1.54, 1.807) is 16.8 Å². The number of carbonyl (C=O) groups excluding carboxylic acids is 1. The maximum Gasteiger partial charge on any atom is 0.327 e. The average Bonchev–Trinajstić information content (AvgIpc) is 2.63. The Balaban J connectivity index is 2.19. The van der Waals surface area contributed by atoms with E-state index in [0.29, 0.717) is 26.9 Å². The van der Waals surface area contributed by atoms with Crippen LogP contribution in [-0.4, -0.2) is 27.3 Å². The van der Waals surface area contributed by atoms with Crippen molar-refractivity contribution in [1.82, 2.24) is 14.8 Å². The van der Waals surface area contributed by atoms with Gasteiger partial charge in [-0.3, -0.25) is 9.48 Å². The van der Waals surface area contributed by atoms with Crippen LogP contribution in [0, 0.1) is 9.62 Å². The summed E-state index contributed by atoms with van der Waals surface area (Å²) in [4.78, 5) is 15.9. The van der Waals surface area contributed by atoms with Gasteiger partial charge < -0.3 is 4.74 Å². The molecule has 0 aromatic carbocycles. The number of esters is 1. The van der Waals surface area contributed by atoms with E-state index in [2.05, 4.69) is 32.7 Å². The Bertz CT molecular complexity index is 612. The predicted molar refractivity (Wildman–Crippen MR) is 81.1 cm³/mol. The van der Waals surface area contributed by atoms with E-state index in [-0.39, 0.29) is 12.5 Å². The van der Waals surface area contributed by atoms with Crippen LogP contribution in [0.25, 0.3) is 11.0 Å². The molecule has 5 nitrogen and oxygen atoms in total. The van der Waals surface area contributed by atoms with Crippen molar-refractivity contribution in [3.8, 4) is 0 Å². The average molecular weight is 394 g/mol. The van der Waals surface area contributed by atoms with Gasteiger partial charge in [-0.25, -0.2) is 4.98 Å². The van der Waals surface area contributed by atoms with E-state index < -0.39 is 0 Å². The summed E-state index contributed by atoms with van der Waals surface area (Å²) in [7, 11) is 0. The summed E-state index contributed by atoms with van der Waals surface area (Å²) in [6.45, 7) is 4.48. The topological polar surface area (TPSA) is 57.0 Å². The van der Waals surface area contributed by atoms with Gasteiger partial charge in [0, 0.05) is 0 Å². The summed E-state index contributed by atoms with van der Waals surface area (Å²) in [5.41, 5.74) is 1.47. The van der Waals surface area contributed by atoms with Gasteiger partial charge in [-0.2, -0.15) is 5.10 Å². The van der Waals surface area contributed by atoms with E-state index in [0.717, 1.165) is 5.52 Å². The summed E-state index contributed by atoms with van der Waals surface area (Å²) >= 11 is 7.92. The Morgan fingerprint density at radius 1 is 1.53 bits per heavy atom. The van der Waals surface area contributed by atoms with Gasteiger partial charge in [0.2, 0.25) is 0 Å². The van der Waals surface area contributed by atoms with Gasteiger partial charge in [-0.1, -0.05) is 25.4 Å². The number of hydrogen-bond acceptors (Lipinski definition) is 4. The highest BCUT2D eigenvalue weighted by Gasteiger charge is 2.14. The minimum Gasteiger partial charge on any atom is -0.464 e. The summed E-state index contributed by atoms with van der Waals surface area (Å²) in [5.74, 6) is 0.0170. The third-order valence-electron chi connectivity index (χ3n) is 2.38. The summed E-state index contributed by atoms with van der Waals surface area (Å²) < 4.78 is 7.44. The molecule has 2 aromatic heterocycles. The van der Waals surface area contributed by atoms with Gasteiger partial charge in [0.05, 0.1) is 12.1 Å². The predicted octanol–water partition coefficient (Wildman–Crippen LogP) is 2.89. The lowest BCUT2D eigenvalue weighted by molar-refractivity contribution is -0.145. The fourth-order valence-electron chi connectivity index (χ4n) is 1.54. The van der Waals surface area contributed by atoms with Gasteiger partial charge in [0.1, 0.15) is 20.9 Å². The smallest absolute Gasteiger partial charge is 0.327 e. The van der Waals surface area contributed by atoms with E-state index >= 15 is 0 Å². The van der Waals surface area contributed by atoms with Crippen LogP contribution < -0.4 is 0 Å². The van der Waals surface area contributed by atoms with Crippen molar-refractivity contribution in [3.05, 3.63) is 21.0 Å². The molecule has 0 amide bonds. The molecular formula is C12H13ClIN3O2. The van der Waals surface area contributed by atoms with Crippen LogP contribution in [0.15, 0.2) is 12.1 Å². The monoisotopic (exact) mass is 393 g/mol. The van der Waals surface area contributed by atoms with E-state index in [4.69, 9.17) is 16.3 Å². The molecule has 0 unspecified atom stereocenters. The molecule has 0 aliphatic rings. The zero-order valence-electron chi connectivity index (χ0n) is 10.6. The first kappa shape index (κ1) is 14.5. The highest BCUT2D eigenvalue weighted by atomic mass is 127. The number of pyridine rings is 1. The first-order chi connectivity index (χ1) is 8.97. The van der Waals surface area contributed by atoms with Gasteiger partial charge in [-0.05, 0) is 40.6 Å². The molecule has 0 aliphatic heterocycles. The molecule has 0 saturated heterocycles. The van der Waals surface area contributed by atoms with Crippen molar-refractivity contribution in [2.45, 2.75) is 20.4 Å². The quantitative estimate of drug-likeness (QED) is 0.455. The lowest BCUT2D eigenvalue weighted by atomic mass is 10.2. The number of carbonyl (C=O) groups is 1.